The van der Waals surface area contributed by atoms with Crippen LogP contribution >= 0.6 is 15.9 Å². The van der Waals surface area contributed by atoms with Gasteiger partial charge < -0.3 is 4.74 Å². The van der Waals surface area contributed by atoms with Gasteiger partial charge in [-0.15, -0.1) is 0 Å². The Bertz CT molecular complexity index is 597. The Labute approximate surface area is 114 Å². The fraction of sp³-hybridized carbons (Fsp3) is 0.133. The second-order valence-electron chi connectivity index (χ2n) is 3.77. The van der Waals surface area contributed by atoms with Crippen LogP contribution in [0.2, 0.25) is 0 Å². The summed E-state index contributed by atoms with van der Waals surface area (Å²) in [5.74, 6) is -0.318. The molecule has 0 amide bonds. The molecule has 3 heteroatoms. The molecule has 0 aromatic heterocycles. The maximum absolute atomic E-state index is 11.3. The highest BCUT2D eigenvalue weighted by Gasteiger charge is 2.02. The van der Waals surface area contributed by atoms with E-state index in [1.807, 2.05) is 36.4 Å². The molecule has 2 rings (SSSR count). The van der Waals surface area contributed by atoms with Gasteiger partial charge in [0.2, 0.25) is 0 Å². The Morgan fingerprint density at radius 1 is 1.28 bits per heavy atom. The van der Waals surface area contributed by atoms with E-state index in [0.29, 0.717) is 6.61 Å². The van der Waals surface area contributed by atoms with E-state index in [2.05, 4.69) is 15.9 Å². The predicted octanol–water partition coefficient (Wildman–Crippen LogP) is 4.18. The Hall–Kier alpha value is -1.61. The van der Waals surface area contributed by atoms with Crippen LogP contribution in [0.5, 0.6) is 0 Å². The van der Waals surface area contributed by atoms with Gasteiger partial charge in [-0.25, -0.2) is 4.79 Å². The third-order valence-electron chi connectivity index (χ3n) is 2.57. The van der Waals surface area contributed by atoms with Gasteiger partial charge in [0.1, 0.15) is 0 Å². The van der Waals surface area contributed by atoms with Gasteiger partial charge in [0.15, 0.2) is 0 Å². The molecule has 0 radical (unpaired) electrons. The molecule has 0 heterocycles. The molecule has 0 aliphatic rings. The lowest BCUT2D eigenvalue weighted by atomic mass is 10.0. The number of carbonyl (C=O) groups is 1. The minimum Gasteiger partial charge on any atom is -0.463 e. The minimum absolute atomic E-state index is 0.318. The monoisotopic (exact) mass is 304 g/mol. The number of hydrogen-bond donors (Lipinski definition) is 0. The van der Waals surface area contributed by atoms with E-state index in [0.717, 1.165) is 20.8 Å². The maximum atomic E-state index is 11.3. The van der Waals surface area contributed by atoms with Crippen LogP contribution in [0.25, 0.3) is 16.8 Å². The van der Waals surface area contributed by atoms with Gasteiger partial charge in [0.25, 0.3) is 0 Å². The van der Waals surface area contributed by atoms with Gasteiger partial charge in [0, 0.05) is 15.9 Å². The Morgan fingerprint density at radius 2 is 2.00 bits per heavy atom. The Balaban J connectivity index is 2.42. The van der Waals surface area contributed by atoms with Crippen LogP contribution in [0, 0.1) is 0 Å². The molecular formula is C15H13BrO2. The molecule has 0 unspecified atom stereocenters. The first kappa shape index (κ1) is 12.8. The van der Waals surface area contributed by atoms with Gasteiger partial charge >= 0.3 is 5.97 Å². The standard InChI is InChI=1S/C15H13BrO2/c1-2-18-14(17)10-9-12-6-3-5-11-7-4-8-13(16)15(11)12/h3-10H,2H2,1H3/b10-9+. The van der Waals surface area contributed by atoms with Crippen molar-refractivity contribution in [1.29, 1.82) is 0 Å². The summed E-state index contributed by atoms with van der Waals surface area (Å²) < 4.78 is 5.89. The average molecular weight is 305 g/mol. The molecule has 2 aromatic carbocycles. The van der Waals surface area contributed by atoms with Gasteiger partial charge in [-0.1, -0.05) is 46.3 Å². The highest BCUT2D eigenvalue weighted by atomic mass is 79.9. The average Bonchev–Trinajstić information content (AvgIpc) is 2.37. The molecule has 0 saturated heterocycles. The van der Waals surface area contributed by atoms with E-state index in [4.69, 9.17) is 4.74 Å². The van der Waals surface area contributed by atoms with Crippen molar-refractivity contribution in [2.45, 2.75) is 6.92 Å². The van der Waals surface area contributed by atoms with E-state index in [9.17, 15) is 4.79 Å². The van der Waals surface area contributed by atoms with E-state index >= 15 is 0 Å². The third-order valence-corrected chi connectivity index (χ3v) is 3.23. The predicted molar refractivity (Wildman–Crippen MR) is 77.3 cm³/mol. The molecule has 0 aliphatic carbocycles. The first-order chi connectivity index (χ1) is 8.72. The number of hydrogen-bond acceptors (Lipinski definition) is 2. The molecule has 2 aromatic rings. The number of halogens is 1. The summed E-state index contributed by atoms with van der Waals surface area (Å²) >= 11 is 3.54. The lowest BCUT2D eigenvalue weighted by Crippen LogP contribution is -1.98. The van der Waals surface area contributed by atoms with Crippen LogP contribution in [0.4, 0.5) is 0 Å². The molecule has 18 heavy (non-hydrogen) atoms. The molecule has 0 saturated carbocycles. The summed E-state index contributed by atoms with van der Waals surface area (Å²) in [6.07, 6.45) is 3.24. The zero-order valence-electron chi connectivity index (χ0n) is 10.0. The second kappa shape index (κ2) is 5.83. The summed E-state index contributed by atoms with van der Waals surface area (Å²) in [5, 5.41) is 2.23. The van der Waals surface area contributed by atoms with Crippen molar-refractivity contribution in [2.24, 2.45) is 0 Å². The third kappa shape index (κ3) is 2.79. The van der Waals surface area contributed by atoms with Gasteiger partial charge in [0.05, 0.1) is 6.61 Å². The van der Waals surface area contributed by atoms with Crippen LogP contribution < -0.4 is 0 Å². The Morgan fingerprint density at radius 3 is 2.72 bits per heavy atom. The van der Waals surface area contributed by atoms with Crippen LogP contribution in [-0.2, 0) is 9.53 Å². The number of fused-ring (bicyclic) bond motifs is 1. The highest BCUT2D eigenvalue weighted by molar-refractivity contribution is 9.10. The second-order valence-corrected chi connectivity index (χ2v) is 4.62. The SMILES string of the molecule is CCOC(=O)/C=C/c1cccc2cccc(Br)c12. The Kier molecular flexibility index (Phi) is 4.15. The van der Waals surface area contributed by atoms with Crippen molar-refractivity contribution >= 4 is 38.7 Å². The van der Waals surface area contributed by atoms with Crippen LogP contribution in [0.3, 0.4) is 0 Å². The highest BCUT2D eigenvalue weighted by Crippen LogP contribution is 2.27. The zero-order chi connectivity index (χ0) is 13.0. The number of carbonyl (C=O) groups excluding carboxylic acids is 1. The smallest absolute Gasteiger partial charge is 0.330 e. The van der Waals surface area contributed by atoms with Gasteiger partial charge in [-0.2, -0.15) is 0 Å². The van der Waals surface area contributed by atoms with Crippen LogP contribution in [0.15, 0.2) is 46.9 Å². The molecule has 0 spiro atoms. The topological polar surface area (TPSA) is 26.3 Å². The molecule has 92 valence electrons. The van der Waals surface area contributed by atoms with Crippen LogP contribution in [0.1, 0.15) is 12.5 Å². The van der Waals surface area contributed by atoms with Crippen molar-refractivity contribution in [3.8, 4) is 0 Å². The van der Waals surface area contributed by atoms with Crippen molar-refractivity contribution in [3.05, 3.63) is 52.5 Å². The number of esters is 1. The van der Waals surface area contributed by atoms with Crippen molar-refractivity contribution in [3.63, 3.8) is 0 Å². The first-order valence-corrected chi connectivity index (χ1v) is 6.53. The molecule has 0 fully saturated rings. The molecular weight excluding hydrogens is 292 g/mol. The fourth-order valence-corrected chi connectivity index (χ4v) is 2.42. The summed E-state index contributed by atoms with van der Waals surface area (Å²) in [6, 6.07) is 12.0. The molecule has 2 nitrogen and oxygen atoms in total. The van der Waals surface area contributed by atoms with Crippen molar-refractivity contribution in [2.75, 3.05) is 6.61 Å². The van der Waals surface area contributed by atoms with Crippen molar-refractivity contribution < 1.29 is 9.53 Å². The lowest BCUT2D eigenvalue weighted by molar-refractivity contribution is -0.137. The zero-order valence-corrected chi connectivity index (χ0v) is 11.6. The number of ether oxygens (including phenoxy) is 1. The van der Waals surface area contributed by atoms with E-state index < -0.39 is 0 Å². The summed E-state index contributed by atoms with van der Waals surface area (Å²) in [6.45, 7) is 2.18. The van der Waals surface area contributed by atoms with E-state index in [-0.39, 0.29) is 5.97 Å². The maximum Gasteiger partial charge on any atom is 0.330 e. The van der Waals surface area contributed by atoms with Crippen LogP contribution in [-0.4, -0.2) is 12.6 Å². The molecule has 0 aliphatic heterocycles. The number of benzene rings is 2. The quantitative estimate of drug-likeness (QED) is 0.628. The lowest BCUT2D eigenvalue weighted by Gasteiger charge is -2.04. The van der Waals surface area contributed by atoms with E-state index in [1.165, 1.54) is 6.08 Å². The fourth-order valence-electron chi connectivity index (χ4n) is 1.81. The van der Waals surface area contributed by atoms with Gasteiger partial charge in [-0.05, 0) is 30.0 Å². The van der Waals surface area contributed by atoms with Gasteiger partial charge in [-0.3, -0.25) is 0 Å². The normalized spacial score (nSPS) is 11.0. The molecule has 0 N–H and O–H groups in total. The van der Waals surface area contributed by atoms with E-state index in [1.54, 1.807) is 13.0 Å². The summed E-state index contributed by atoms with van der Waals surface area (Å²) in [7, 11) is 0. The molecule has 0 atom stereocenters. The summed E-state index contributed by atoms with van der Waals surface area (Å²) in [4.78, 5) is 11.3. The van der Waals surface area contributed by atoms with Crippen molar-refractivity contribution in [1.82, 2.24) is 0 Å². The minimum atomic E-state index is -0.318. The summed E-state index contributed by atoms with van der Waals surface area (Å²) in [5.41, 5.74) is 0.994. The first-order valence-electron chi connectivity index (χ1n) is 5.74. The largest absolute Gasteiger partial charge is 0.463 e. The number of rotatable bonds is 3. The molecule has 0 bridgehead atoms.